The summed E-state index contributed by atoms with van der Waals surface area (Å²) in [6, 6.07) is 10.1. The van der Waals surface area contributed by atoms with Gasteiger partial charge in [-0.3, -0.25) is 19.5 Å². The highest BCUT2D eigenvalue weighted by Gasteiger charge is 2.10. The molecule has 1 heterocycles. The molecule has 0 saturated heterocycles. The first-order valence-corrected chi connectivity index (χ1v) is 8.29. The Hall–Kier alpha value is -3.22. The summed E-state index contributed by atoms with van der Waals surface area (Å²) in [6.07, 6.45) is 2.07. The highest BCUT2D eigenvalue weighted by atomic mass is 16.6. The first-order valence-electron chi connectivity index (χ1n) is 8.29. The smallest absolute Gasteiger partial charge is 0.271 e. The maximum Gasteiger partial charge on any atom is 0.271 e. The Labute approximate surface area is 150 Å². The van der Waals surface area contributed by atoms with E-state index in [2.05, 4.69) is 11.1 Å². The Kier molecular flexibility index (Phi) is 4.97. The van der Waals surface area contributed by atoms with Crippen molar-refractivity contribution in [2.45, 2.75) is 26.8 Å². The quantitative estimate of drug-likeness (QED) is 0.385. The molecule has 0 bridgehead atoms. The van der Waals surface area contributed by atoms with E-state index in [1.807, 2.05) is 26.0 Å². The average Bonchev–Trinajstić information content (AvgIpc) is 2.59. The number of non-ortho nitro benzene ring substituents is 1. The molecule has 0 saturated carbocycles. The molecule has 3 rings (SSSR count). The fourth-order valence-electron chi connectivity index (χ4n) is 2.86. The molecular formula is C19H19N3O4. The molecule has 0 aliphatic heterocycles. The van der Waals surface area contributed by atoms with Crippen molar-refractivity contribution < 1.29 is 9.66 Å². The SMILES string of the molecule is Cc1cc(C)cc(OCCCn2cnc3cc([N+](=O)[O-])ccc3c2=O)c1. The molecule has 0 amide bonds. The van der Waals surface area contributed by atoms with Gasteiger partial charge in [0.05, 0.1) is 28.8 Å². The lowest BCUT2D eigenvalue weighted by atomic mass is 10.1. The van der Waals surface area contributed by atoms with Crippen molar-refractivity contribution in [3.63, 3.8) is 0 Å². The van der Waals surface area contributed by atoms with E-state index < -0.39 is 4.92 Å². The molecule has 0 spiro atoms. The lowest BCUT2D eigenvalue weighted by Crippen LogP contribution is -2.21. The van der Waals surface area contributed by atoms with Gasteiger partial charge in [-0.1, -0.05) is 6.07 Å². The number of fused-ring (bicyclic) bond motifs is 1. The molecule has 0 fully saturated rings. The lowest BCUT2D eigenvalue weighted by Gasteiger charge is -2.09. The topological polar surface area (TPSA) is 87.3 Å². The van der Waals surface area contributed by atoms with E-state index in [1.54, 1.807) is 0 Å². The maximum atomic E-state index is 12.5. The van der Waals surface area contributed by atoms with E-state index >= 15 is 0 Å². The van der Waals surface area contributed by atoms with E-state index in [0.29, 0.717) is 30.5 Å². The molecule has 0 aliphatic rings. The van der Waals surface area contributed by atoms with Crippen LogP contribution in [-0.2, 0) is 6.54 Å². The van der Waals surface area contributed by atoms with Crippen LogP contribution in [0, 0.1) is 24.0 Å². The van der Waals surface area contributed by atoms with Crippen LogP contribution in [0.4, 0.5) is 5.69 Å². The number of hydrogen-bond acceptors (Lipinski definition) is 5. The first kappa shape index (κ1) is 17.6. The third kappa shape index (κ3) is 3.88. The normalized spacial score (nSPS) is 10.8. The van der Waals surface area contributed by atoms with Crippen LogP contribution in [0.2, 0.25) is 0 Å². The Morgan fingerprint density at radius 2 is 1.88 bits per heavy atom. The first-order chi connectivity index (χ1) is 12.4. The molecule has 134 valence electrons. The second kappa shape index (κ2) is 7.35. The zero-order chi connectivity index (χ0) is 18.7. The zero-order valence-corrected chi connectivity index (χ0v) is 14.6. The van der Waals surface area contributed by atoms with E-state index in [1.165, 1.54) is 29.1 Å². The van der Waals surface area contributed by atoms with Crippen LogP contribution in [0.5, 0.6) is 5.75 Å². The molecule has 0 radical (unpaired) electrons. The zero-order valence-electron chi connectivity index (χ0n) is 14.6. The third-order valence-electron chi connectivity index (χ3n) is 4.03. The summed E-state index contributed by atoms with van der Waals surface area (Å²) in [5, 5.41) is 11.2. The van der Waals surface area contributed by atoms with Gasteiger partial charge in [0.15, 0.2) is 0 Å². The van der Waals surface area contributed by atoms with Crippen LogP contribution in [0.1, 0.15) is 17.5 Å². The minimum Gasteiger partial charge on any atom is -0.494 e. The fraction of sp³-hybridized carbons (Fsp3) is 0.263. The van der Waals surface area contributed by atoms with Crippen molar-refractivity contribution in [2.75, 3.05) is 6.61 Å². The van der Waals surface area contributed by atoms with Gasteiger partial charge in [0.25, 0.3) is 11.2 Å². The molecule has 3 aromatic rings. The average molecular weight is 353 g/mol. The molecule has 2 aromatic carbocycles. The van der Waals surface area contributed by atoms with Crippen LogP contribution in [0.15, 0.2) is 47.5 Å². The number of benzene rings is 2. The number of ether oxygens (including phenoxy) is 1. The Balaban J connectivity index is 1.67. The summed E-state index contributed by atoms with van der Waals surface area (Å²) in [6.45, 7) is 4.98. The van der Waals surface area contributed by atoms with Crippen molar-refractivity contribution in [1.29, 1.82) is 0 Å². The standard InChI is InChI=1S/C19H19N3O4/c1-13-8-14(2)10-16(9-13)26-7-3-6-21-12-20-18-11-15(22(24)25)4-5-17(18)19(21)23/h4-5,8-12H,3,6-7H2,1-2H3. The second-order valence-electron chi connectivity index (χ2n) is 6.23. The van der Waals surface area contributed by atoms with E-state index in [-0.39, 0.29) is 11.2 Å². The minimum atomic E-state index is -0.503. The third-order valence-corrected chi connectivity index (χ3v) is 4.03. The minimum absolute atomic E-state index is 0.0796. The Morgan fingerprint density at radius 3 is 2.58 bits per heavy atom. The van der Waals surface area contributed by atoms with Gasteiger partial charge in [0.2, 0.25) is 0 Å². The van der Waals surface area contributed by atoms with E-state index in [9.17, 15) is 14.9 Å². The molecule has 0 N–H and O–H groups in total. The van der Waals surface area contributed by atoms with Crippen LogP contribution in [0.3, 0.4) is 0 Å². The molecule has 26 heavy (non-hydrogen) atoms. The number of nitrogens with zero attached hydrogens (tertiary/aromatic N) is 3. The van der Waals surface area contributed by atoms with Gasteiger partial charge in [0, 0.05) is 18.7 Å². The van der Waals surface area contributed by atoms with Gasteiger partial charge in [-0.25, -0.2) is 4.98 Å². The van der Waals surface area contributed by atoms with Crippen molar-refractivity contribution >= 4 is 16.6 Å². The summed E-state index contributed by atoms with van der Waals surface area (Å²) in [7, 11) is 0. The monoisotopic (exact) mass is 353 g/mol. The van der Waals surface area contributed by atoms with Crippen molar-refractivity contribution in [3.8, 4) is 5.75 Å². The molecule has 0 atom stereocenters. The molecular weight excluding hydrogens is 334 g/mol. The largest absolute Gasteiger partial charge is 0.494 e. The number of hydrogen-bond donors (Lipinski definition) is 0. The van der Waals surface area contributed by atoms with Gasteiger partial charge < -0.3 is 4.74 Å². The van der Waals surface area contributed by atoms with Gasteiger partial charge in [-0.2, -0.15) is 0 Å². The van der Waals surface area contributed by atoms with Gasteiger partial charge in [0.1, 0.15) is 5.75 Å². The number of rotatable bonds is 6. The number of nitro groups is 1. The van der Waals surface area contributed by atoms with Crippen LogP contribution in [0.25, 0.3) is 10.9 Å². The van der Waals surface area contributed by atoms with Gasteiger partial charge in [-0.05, 0) is 49.6 Å². The Bertz CT molecular complexity index is 1010. The van der Waals surface area contributed by atoms with Crippen molar-refractivity contribution in [3.05, 3.63) is 74.3 Å². The van der Waals surface area contributed by atoms with E-state index in [0.717, 1.165) is 16.9 Å². The maximum absolute atomic E-state index is 12.5. The fourth-order valence-corrected chi connectivity index (χ4v) is 2.86. The molecule has 1 aromatic heterocycles. The predicted octanol–water partition coefficient (Wildman–Crippen LogP) is 3.39. The van der Waals surface area contributed by atoms with Crippen molar-refractivity contribution in [1.82, 2.24) is 9.55 Å². The van der Waals surface area contributed by atoms with Crippen molar-refractivity contribution in [2.24, 2.45) is 0 Å². The number of aromatic nitrogens is 2. The summed E-state index contributed by atoms with van der Waals surface area (Å²) in [4.78, 5) is 26.9. The van der Waals surface area contributed by atoms with Crippen LogP contribution < -0.4 is 10.3 Å². The molecule has 0 unspecified atom stereocenters. The number of nitro benzene ring substituents is 1. The number of aryl methyl sites for hydroxylation is 3. The van der Waals surface area contributed by atoms with Crippen LogP contribution in [-0.4, -0.2) is 21.1 Å². The summed E-state index contributed by atoms with van der Waals surface area (Å²) >= 11 is 0. The van der Waals surface area contributed by atoms with Gasteiger partial charge >= 0.3 is 0 Å². The van der Waals surface area contributed by atoms with Crippen LogP contribution >= 0.6 is 0 Å². The Morgan fingerprint density at radius 1 is 1.15 bits per heavy atom. The molecule has 7 heteroatoms. The highest BCUT2D eigenvalue weighted by Crippen LogP contribution is 2.17. The highest BCUT2D eigenvalue weighted by molar-refractivity contribution is 5.79. The summed E-state index contributed by atoms with van der Waals surface area (Å²) in [5.41, 5.74) is 2.32. The predicted molar refractivity (Wildman–Crippen MR) is 98.7 cm³/mol. The summed E-state index contributed by atoms with van der Waals surface area (Å²) < 4.78 is 7.25. The van der Waals surface area contributed by atoms with E-state index in [4.69, 9.17) is 4.74 Å². The lowest BCUT2D eigenvalue weighted by molar-refractivity contribution is -0.384. The molecule has 0 aliphatic carbocycles. The van der Waals surface area contributed by atoms with Gasteiger partial charge in [-0.15, -0.1) is 0 Å². The molecule has 7 nitrogen and oxygen atoms in total. The summed E-state index contributed by atoms with van der Waals surface area (Å²) in [5.74, 6) is 0.818. The second-order valence-corrected chi connectivity index (χ2v) is 6.23.